The molecule has 0 aliphatic rings. The van der Waals surface area contributed by atoms with Gasteiger partial charge >= 0.3 is 0 Å². The lowest BCUT2D eigenvalue weighted by atomic mass is 10.1. The quantitative estimate of drug-likeness (QED) is 0.781. The molecule has 0 radical (unpaired) electrons. The fourth-order valence-corrected chi connectivity index (χ4v) is 1.90. The monoisotopic (exact) mass is 264 g/mol. The molecule has 3 nitrogen and oxygen atoms in total. The van der Waals surface area contributed by atoms with Crippen LogP contribution in [-0.2, 0) is 6.61 Å². The molecule has 0 aromatic carbocycles. The molecule has 0 spiro atoms. The van der Waals surface area contributed by atoms with Crippen LogP contribution in [0.25, 0.3) is 0 Å². The lowest BCUT2D eigenvalue weighted by Crippen LogP contribution is -2.28. The summed E-state index contributed by atoms with van der Waals surface area (Å²) in [5.74, 6) is 2.39. The van der Waals surface area contributed by atoms with Gasteiger partial charge in [-0.05, 0) is 42.4 Å². The summed E-state index contributed by atoms with van der Waals surface area (Å²) in [6.45, 7) is 11.1. The molecule has 0 bridgehead atoms. The number of rotatable bonds is 8. The minimum atomic E-state index is 0.0811. The molecule has 1 rings (SSSR count). The Kier molecular flexibility index (Phi) is 6.85. The van der Waals surface area contributed by atoms with E-state index in [1.54, 1.807) is 6.20 Å². The lowest BCUT2D eigenvalue weighted by molar-refractivity contribution is 0.281. The average Bonchev–Trinajstić information content (AvgIpc) is 2.38. The standard InChI is InChI=1S/C16H28N2O/c1-13(2)6-9-18(10-7-14(3)4)16-11-15(12-19)5-8-17-16/h5,8,11,13-14,19H,6-7,9-10,12H2,1-4H3. The average molecular weight is 264 g/mol. The van der Waals surface area contributed by atoms with Crippen molar-refractivity contribution in [1.82, 2.24) is 4.98 Å². The van der Waals surface area contributed by atoms with Crippen LogP contribution in [0.5, 0.6) is 0 Å². The molecule has 0 atom stereocenters. The van der Waals surface area contributed by atoms with E-state index in [0.29, 0.717) is 11.8 Å². The molecule has 0 saturated heterocycles. The Balaban J connectivity index is 2.74. The topological polar surface area (TPSA) is 36.4 Å². The van der Waals surface area contributed by atoms with Gasteiger partial charge < -0.3 is 10.0 Å². The normalized spacial score (nSPS) is 11.3. The molecule has 1 N–H and O–H groups in total. The minimum absolute atomic E-state index is 0.0811. The van der Waals surface area contributed by atoms with E-state index in [9.17, 15) is 5.11 Å². The van der Waals surface area contributed by atoms with E-state index < -0.39 is 0 Å². The molecule has 0 fully saturated rings. The summed E-state index contributed by atoms with van der Waals surface area (Å²) >= 11 is 0. The van der Waals surface area contributed by atoms with Crippen LogP contribution in [0.2, 0.25) is 0 Å². The van der Waals surface area contributed by atoms with Crippen LogP contribution in [-0.4, -0.2) is 23.2 Å². The molecule has 1 heterocycles. The minimum Gasteiger partial charge on any atom is -0.392 e. The van der Waals surface area contributed by atoms with Crippen molar-refractivity contribution < 1.29 is 5.11 Å². The second-order valence-electron chi connectivity index (χ2n) is 6.03. The van der Waals surface area contributed by atoms with Crippen LogP contribution in [0.1, 0.15) is 46.1 Å². The Morgan fingerprint density at radius 2 is 1.68 bits per heavy atom. The van der Waals surface area contributed by atoms with Crippen LogP contribution in [0, 0.1) is 11.8 Å². The van der Waals surface area contributed by atoms with Crippen LogP contribution in [0.4, 0.5) is 5.82 Å². The van der Waals surface area contributed by atoms with Crippen LogP contribution < -0.4 is 4.90 Å². The van der Waals surface area contributed by atoms with Gasteiger partial charge in [0.05, 0.1) is 6.61 Å². The van der Waals surface area contributed by atoms with Gasteiger partial charge in [0, 0.05) is 19.3 Å². The maximum atomic E-state index is 9.23. The summed E-state index contributed by atoms with van der Waals surface area (Å²) in [7, 11) is 0. The third-order valence-electron chi connectivity index (χ3n) is 3.27. The Hall–Kier alpha value is -1.09. The summed E-state index contributed by atoms with van der Waals surface area (Å²) in [6, 6.07) is 3.87. The Morgan fingerprint density at radius 3 is 2.16 bits per heavy atom. The SMILES string of the molecule is CC(C)CCN(CCC(C)C)c1cc(CO)ccn1. The lowest BCUT2D eigenvalue weighted by Gasteiger charge is -2.25. The highest BCUT2D eigenvalue weighted by Crippen LogP contribution is 2.16. The number of hydrogen-bond donors (Lipinski definition) is 1. The van der Waals surface area contributed by atoms with E-state index >= 15 is 0 Å². The molecule has 19 heavy (non-hydrogen) atoms. The van der Waals surface area contributed by atoms with Gasteiger partial charge in [-0.3, -0.25) is 0 Å². The van der Waals surface area contributed by atoms with Crippen molar-refractivity contribution in [3.05, 3.63) is 23.9 Å². The molecular weight excluding hydrogens is 236 g/mol. The van der Waals surface area contributed by atoms with E-state index in [1.807, 2.05) is 12.1 Å². The van der Waals surface area contributed by atoms with Crippen molar-refractivity contribution in [2.24, 2.45) is 11.8 Å². The van der Waals surface area contributed by atoms with Gasteiger partial charge in [-0.15, -0.1) is 0 Å². The fourth-order valence-electron chi connectivity index (χ4n) is 1.90. The van der Waals surface area contributed by atoms with Gasteiger partial charge in [0.2, 0.25) is 0 Å². The second kappa shape index (κ2) is 8.16. The first kappa shape index (κ1) is 16.0. The molecule has 0 aliphatic carbocycles. The first-order chi connectivity index (χ1) is 9.02. The van der Waals surface area contributed by atoms with E-state index in [4.69, 9.17) is 0 Å². The predicted molar refractivity (Wildman–Crippen MR) is 81.3 cm³/mol. The molecule has 0 aliphatic heterocycles. The second-order valence-corrected chi connectivity index (χ2v) is 6.03. The maximum absolute atomic E-state index is 9.23. The first-order valence-electron chi connectivity index (χ1n) is 7.33. The highest BCUT2D eigenvalue weighted by molar-refractivity contribution is 5.40. The molecule has 3 heteroatoms. The third kappa shape index (κ3) is 6.06. The number of pyridine rings is 1. The first-order valence-corrected chi connectivity index (χ1v) is 7.33. The summed E-state index contributed by atoms with van der Waals surface area (Å²) in [5.41, 5.74) is 0.934. The Bertz CT molecular complexity index is 352. The van der Waals surface area contributed by atoms with Crippen molar-refractivity contribution in [2.75, 3.05) is 18.0 Å². The summed E-state index contributed by atoms with van der Waals surface area (Å²) in [5, 5.41) is 9.23. The smallest absolute Gasteiger partial charge is 0.128 e. The van der Waals surface area contributed by atoms with Gasteiger partial charge in [-0.2, -0.15) is 0 Å². The molecule has 0 unspecified atom stereocenters. The summed E-state index contributed by atoms with van der Waals surface area (Å²) < 4.78 is 0. The summed E-state index contributed by atoms with van der Waals surface area (Å²) in [4.78, 5) is 6.80. The fraction of sp³-hybridized carbons (Fsp3) is 0.688. The Morgan fingerprint density at radius 1 is 1.11 bits per heavy atom. The Labute approximate surface area is 117 Å². The third-order valence-corrected chi connectivity index (χ3v) is 3.27. The van der Waals surface area contributed by atoms with E-state index in [2.05, 4.69) is 37.6 Å². The van der Waals surface area contributed by atoms with Gasteiger partial charge in [0.15, 0.2) is 0 Å². The van der Waals surface area contributed by atoms with Gasteiger partial charge in [-0.25, -0.2) is 4.98 Å². The molecular formula is C16H28N2O. The van der Waals surface area contributed by atoms with Gasteiger partial charge in [0.25, 0.3) is 0 Å². The number of aliphatic hydroxyl groups excluding tert-OH is 1. The van der Waals surface area contributed by atoms with Crippen molar-refractivity contribution in [3.63, 3.8) is 0 Å². The maximum Gasteiger partial charge on any atom is 0.128 e. The van der Waals surface area contributed by atoms with Crippen molar-refractivity contribution in [1.29, 1.82) is 0 Å². The predicted octanol–water partition coefficient (Wildman–Crippen LogP) is 3.47. The number of aromatic nitrogens is 1. The van der Waals surface area contributed by atoms with Crippen LogP contribution in [0.15, 0.2) is 18.3 Å². The zero-order valence-corrected chi connectivity index (χ0v) is 12.8. The molecule has 1 aromatic rings. The van der Waals surface area contributed by atoms with Crippen molar-refractivity contribution in [3.8, 4) is 0 Å². The molecule has 0 saturated carbocycles. The zero-order chi connectivity index (χ0) is 14.3. The highest BCUT2D eigenvalue weighted by atomic mass is 16.3. The van der Waals surface area contributed by atoms with E-state index in [-0.39, 0.29) is 6.61 Å². The number of aliphatic hydroxyl groups is 1. The van der Waals surface area contributed by atoms with Crippen LogP contribution in [0.3, 0.4) is 0 Å². The molecule has 1 aromatic heterocycles. The molecule has 0 amide bonds. The highest BCUT2D eigenvalue weighted by Gasteiger charge is 2.10. The van der Waals surface area contributed by atoms with Crippen molar-refractivity contribution >= 4 is 5.82 Å². The summed E-state index contributed by atoms with van der Waals surface area (Å²) in [6.07, 6.45) is 4.13. The van der Waals surface area contributed by atoms with E-state index in [0.717, 1.165) is 24.5 Å². The van der Waals surface area contributed by atoms with E-state index in [1.165, 1.54) is 12.8 Å². The number of nitrogens with zero attached hydrogens (tertiary/aromatic N) is 2. The van der Waals surface area contributed by atoms with Gasteiger partial charge in [-0.1, -0.05) is 27.7 Å². The van der Waals surface area contributed by atoms with Gasteiger partial charge in [0.1, 0.15) is 5.82 Å². The molecule has 108 valence electrons. The number of anilines is 1. The van der Waals surface area contributed by atoms with Crippen molar-refractivity contribution in [2.45, 2.75) is 47.1 Å². The zero-order valence-electron chi connectivity index (χ0n) is 12.8. The van der Waals surface area contributed by atoms with Crippen LogP contribution >= 0.6 is 0 Å². The number of hydrogen-bond acceptors (Lipinski definition) is 3. The largest absolute Gasteiger partial charge is 0.392 e.